The van der Waals surface area contributed by atoms with Crippen molar-refractivity contribution in [2.24, 2.45) is 0 Å². The standard InChI is InChI=1S/C24H26N4O4S/c1-31-19-9-5-8-18(15-19)25-24-27-21(16-33-24)22(29)26-20(14-17-6-3-2-4-7-17)23(30)28-10-12-32-13-11-28/h2-9,15-16,20H,10-14H2,1H3,(H,25,27)(H,26,29)/t20-/m0/s1. The summed E-state index contributed by atoms with van der Waals surface area (Å²) in [5.74, 6) is 0.229. The van der Waals surface area contributed by atoms with E-state index in [2.05, 4.69) is 15.6 Å². The molecule has 1 aliphatic rings. The Hall–Kier alpha value is -3.43. The molecule has 4 rings (SSSR count). The van der Waals surface area contributed by atoms with Crippen LogP contribution in [0.25, 0.3) is 0 Å². The monoisotopic (exact) mass is 466 g/mol. The minimum Gasteiger partial charge on any atom is -0.497 e. The maximum Gasteiger partial charge on any atom is 0.271 e. The number of carbonyl (C=O) groups excluding carboxylic acids is 2. The molecule has 0 spiro atoms. The first-order valence-corrected chi connectivity index (χ1v) is 11.6. The summed E-state index contributed by atoms with van der Waals surface area (Å²) < 4.78 is 10.6. The summed E-state index contributed by atoms with van der Waals surface area (Å²) in [4.78, 5) is 32.3. The van der Waals surface area contributed by atoms with Gasteiger partial charge in [0.15, 0.2) is 5.13 Å². The van der Waals surface area contributed by atoms with Gasteiger partial charge in [-0.05, 0) is 17.7 Å². The van der Waals surface area contributed by atoms with Gasteiger partial charge in [-0.15, -0.1) is 11.3 Å². The largest absolute Gasteiger partial charge is 0.497 e. The SMILES string of the molecule is COc1cccc(Nc2nc(C(=O)N[C@@H](Cc3ccccc3)C(=O)N3CCOCC3)cs2)c1. The highest BCUT2D eigenvalue weighted by Crippen LogP contribution is 2.24. The Kier molecular flexibility index (Phi) is 7.54. The summed E-state index contributed by atoms with van der Waals surface area (Å²) in [7, 11) is 1.61. The zero-order valence-corrected chi connectivity index (χ0v) is 19.1. The van der Waals surface area contributed by atoms with Gasteiger partial charge in [0.2, 0.25) is 5.91 Å². The number of aromatic nitrogens is 1. The number of hydrogen-bond acceptors (Lipinski definition) is 7. The minimum absolute atomic E-state index is 0.111. The quantitative estimate of drug-likeness (QED) is 0.530. The second-order valence-corrected chi connectivity index (χ2v) is 8.41. The van der Waals surface area contributed by atoms with Crippen molar-refractivity contribution in [2.45, 2.75) is 12.5 Å². The fourth-order valence-corrected chi connectivity index (χ4v) is 4.26. The molecule has 1 saturated heterocycles. The molecule has 172 valence electrons. The van der Waals surface area contributed by atoms with E-state index in [-0.39, 0.29) is 17.5 Å². The molecule has 2 heterocycles. The van der Waals surface area contributed by atoms with Crippen LogP contribution in [0.15, 0.2) is 60.0 Å². The Morgan fingerprint density at radius 1 is 1.15 bits per heavy atom. The van der Waals surface area contributed by atoms with Crippen molar-refractivity contribution in [3.63, 3.8) is 0 Å². The molecule has 0 radical (unpaired) electrons. The average molecular weight is 467 g/mol. The molecule has 0 bridgehead atoms. The molecule has 0 unspecified atom stereocenters. The smallest absolute Gasteiger partial charge is 0.271 e. The van der Waals surface area contributed by atoms with Crippen molar-refractivity contribution in [3.05, 3.63) is 71.2 Å². The summed E-state index contributed by atoms with van der Waals surface area (Å²) in [5.41, 5.74) is 2.04. The number of nitrogens with zero attached hydrogens (tertiary/aromatic N) is 2. The number of morpholine rings is 1. The lowest BCUT2D eigenvalue weighted by atomic mass is 10.0. The van der Waals surface area contributed by atoms with E-state index in [1.165, 1.54) is 11.3 Å². The number of methoxy groups -OCH3 is 1. The van der Waals surface area contributed by atoms with Crippen molar-refractivity contribution in [3.8, 4) is 5.75 Å². The third kappa shape index (κ3) is 6.09. The predicted molar refractivity (Wildman–Crippen MR) is 127 cm³/mol. The highest BCUT2D eigenvalue weighted by Gasteiger charge is 2.28. The second-order valence-electron chi connectivity index (χ2n) is 7.55. The molecule has 3 aromatic rings. The molecule has 9 heteroatoms. The average Bonchev–Trinajstić information content (AvgIpc) is 3.33. The molecule has 0 aliphatic carbocycles. The third-order valence-electron chi connectivity index (χ3n) is 5.27. The lowest BCUT2D eigenvalue weighted by Crippen LogP contribution is -2.52. The van der Waals surface area contributed by atoms with Crippen molar-refractivity contribution < 1.29 is 19.1 Å². The van der Waals surface area contributed by atoms with Gasteiger partial charge >= 0.3 is 0 Å². The Morgan fingerprint density at radius 3 is 2.70 bits per heavy atom. The summed E-state index contributed by atoms with van der Waals surface area (Å²) in [6.07, 6.45) is 0.405. The Bertz CT molecular complexity index is 1080. The van der Waals surface area contributed by atoms with E-state index >= 15 is 0 Å². The lowest BCUT2D eigenvalue weighted by molar-refractivity contribution is -0.137. The van der Waals surface area contributed by atoms with Crippen LogP contribution < -0.4 is 15.4 Å². The molecule has 33 heavy (non-hydrogen) atoms. The van der Waals surface area contributed by atoms with E-state index in [9.17, 15) is 9.59 Å². The molecular weight excluding hydrogens is 440 g/mol. The molecule has 1 aliphatic heterocycles. The van der Waals surface area contributed by atoms with Crippen LogP contribution in [0.5, 0.6) is 5.75 Å². The maximum atomic E-state index is 13.2. The highest BCUT2D eigenvalue weighted by atomic mass is 32.1. The number of nitrogens with one attached hydrogen (secondary N) is 2. The number of benzene rings is 2. The summed E-state index contributed by atoms with van der Waals surface area (Å²) in [5, 5.41) is 8.33. The number of amides is 2. The van der Waals surface area contributed by atoms with Crippen LogP contribution in [0.3, 0.4) is 0 Å². The van der Waals surface area contributed by atoms with Gasteiger partial charge in [0.25, 0.3) is 5.91 Å². The molecular formula is C24H26N4O4S. The number of ether oxygens (including phenoxy) is 2. The van der Waals surface area contributed by atoms with E-state index in [1.807, 2.05) is 54.6 Å². The van der Waals surface area contributed by atoms with E-state index in [0.717, 1.165) is 17.0 Å². The number of thiazole rings is 1. The Morgan fingerprint density at radius 2 is 1.94 bits per heavy atom. The van der Waals surface area contributed by atoms with E-state index in [4.69, 9.17) is 9.47 Å². The van der Waals surface area contributed by atoms with Crippen LogP contribution in [0.4, 0.5) is 10.8 Å². The molecule has 1 aromatic heterocycles. The molecule has 0 saturated carbocycles. The molecule has 1 fully saturated rings. The van der Waals surface area contributed by atoms with E-state index < -0.39 is 6.04 Å². The van der Waals surface area contributed by atoms with Gasteiger partial charge in [-0.2, -0.15) is 0 Å². The van der Waals surface area contributed by atoms with Crippen LogP contribution in [-0.4, -0.2) is 61.2 Å². The lowest BCUT2D eigenvalue weighted by Gasteiger charge is -2.30. The van der Waals surface area contributed by atoms with Gasteiger partial charge in [-0.3, -0.25) is 9.59 Å². The van der Waals surface area contributed by atoms with Crippen molar-refractivity contribution in [2.75, 3.05) is 38.7 Å². The zero-order chi connectivity index (χ0) is 23.0. The fourth-order valence-electron chi connectivity index (χ4n) is 3.55. The molecule has 8 nitrogen and oxygen atoms in total. The fraction of sp³-hybridized carbons (Fsp3) is 0.292. The third-order valence-corrected chi connectivity index (χ3v) is 6.02. The zero-order valence-electron chi connectivity index (χ0n) is 18.3. The normalized spacial score (nSPS) is 14.4. The van der Waals surface area contributed by atoms with Crippen LogP contribution in [0.2, 0.25) is 0 Å². The van der Waals surface area contributed by atoms with Gasteiger partial charge in [0.05, 0.1) is 20.3 Å². The van der Waals surface area contributed by atoms with Gasteiger partial charge in [-0.25, -0.2) is 4.98 Å². The highest BCUT2D eigenvalue weighted by molar-refractivity contribution is 7.14. The summed E-state index contributed by atoms with van der Waals surface area (Å²) in [6.45, 7) is 2.04. The van der Waals surface area contributed by atoms with Gasteiger partial charge < -0.3 is 25.0 Å². The van der Waals surface area contributed by atoms with Crippen LogP contribution in [0, 0.1) is 0 Å². The summed E-state index contributed by atoms with van der Waals surface area (Å²) in [6, 6.07) is 16.4. The van der Waals surface area contributed by atoms with E-state index in [1.54, 1.807) is 17.4 Å². The van der Waals surface area contributed by atoms with Gasteiger partial charge in [0.1, 0.15) is 17.5 Å². The number of carbonyl (C=O) groups is 2. The minimum atomic E-state index is -0.686. The first kappa shape index (κ1) is 22.8. The Labute approximate surface area is 196 Å². The first-order chi connectivity index (χ1) is 16.1. The van der Waals surface area contributed by atoms with Crippen molar-refractivity contribution in [1.29, 1.82) is 0 Å². The van der Waals surface area contributed by atoms with Crippen LogP contribution >= 0.6 is 11.3 Å². The van der Waals surface area contributed by atoms with E-state index in [0.29, 0.717) is 37.9 Å². The molecule has 2 aromatic carbocycles. The maximum absolute atomic E-state index is 13.2. The van der Waals surface area contributed by atoms with Crippen LogP contribution in [-0.2, 0) is 16.0 Å². The van der Waals surface area contributed by atoms with Crippen molar-refractivity contribution in [1.82, 2.24) is 15.2 Å². The number of rotatable bonds is 8. The van der Waals surface area contributed by atoms with Gasteiger partial charge in [-0.1, -0.05) is 36.4 Å². The predicted octanol–water partition coefficient (Wildman–Crippen LogP) is 3.10. The van der Waals surface area contributed by atoms with Crippen LogP contribution in [0.1, 0.15) is 16.1 Å². The topological polar surface area (TPSA) is 92.8 Å². The number of anilines is 2. The number of hydrogen-bond donors (Lipinski definition) is 2. The van der Waals surface area contributed by atoms with Crippen molar-refractivity contribution >= 4 is 34.0 Å². The summed E-state index contributed by atoms with van der Waals surface area (Å²) >= 11 is 1.32. The Balaban J connectivity index is 1.46. The second kappa shape index (κ2) is 10.9. The van der Waals surface area contributed by atoms with Gasteiger partial charge in [0, 0.05) is 36.6 Å². The molecule has 2 N–H and O–H groups in total. The molecule has 1 atom stereocenters. The molecule has 2 amide bonds. The first-order valence-electron chi connectivity index (χ1n) is 10.7.